The van der Waals surface area contributed by atoms with Crippen molar-refractivity contribution in [2.24, 2.45) is 0 Å². The lowest BCUT2D eigenvalue weighted by Gasteiger charge is -2.37. The van der Waals surface area contributed by atoms with Gasteiger partial charge in [0.2, 0.25) is 0 Å². The van der Waals surface area contributed by atoms with Crippen molar-refractivity contribution >= 4 is 17.6 Å². The SMILES string of the molecule is COC[C@H](NC(=O)N1CCC[C@@](C)(O)C1)c1ccc(Cl)cc1. The summed E-state index contributed by atoms with van der Waals surface area (Å²) < 4.78 is 5.20. The summed E-state index contributed by atoms with van der Waals surface area (Å²) in [5, 5.41) is 13.7. The number of methoxy groups -OCH3 is 1. The minimum atomic E-state index is -0.813. The number of likely N-dealkylation sites (tertiary alicyclic amines) is 1. The highest BCUT2D eigenvalue weighted by molar-refractivity contribution is 6.30. The summed E-state index contributed by atoms with van der Waals surface area (Å²) in [6.45, 7) is 3.14. The Balaban J connectivity index is 2.04. The van der Waals surface area contributed by atoms with Gasteiger partial charge in [-0.15, -0.1) is 0 Å². The number of hydrogen-bond donors (Lipinski definition) is 2. The molecule has 1 heterocycles. The van der Waals surface area contributed by atoms with Crippen LogP contribution in [0.2, 0.25) is 5.02 Å². The van der Waals surface area contributed by atoms with Crippen LogP contribution in [0.15, 0.2) is 24.3 Å². The van der Waals surface area contributed by atoms with Crippen LogP contribution < -0.4 is 5.32 Å². The molecule has 1 saturated heterocycles. The molecule has 0 bridgehead atoms. The number of piperidine rings is 1. The van der Waals surface area contributed by atoms with Crippen LogP contribution in [0.4, 0.5) is 4.79 Å². The molecule has 1 fully saturated rings. The lowest BCUT2D eigenvalue weighted by atomic mass is 9.95. The normalized spacial score (nSPS) is 23.2. The monoisotopic (exact) mass is 326 g/mol. The minimum Gasteiger partial charge on any atom is -0.388 e. The molecule has 0 aromatic heterocycles. The van der Waals surface area contributed by atoms with E-state index in [-0.39, 0.29) is 12.1 Å². The van der Waals surface area contributed by atoms with Crippen molar-refractivity contribution in [2.75, 3.05) is 26.8 Å². The number of benzene rings is 1. The average Bonchev–Trinajstić information content (AvgIpc) is 2.46. The molecule has 2 N–H and O–H groups in total. The second kappa shape index (κ2) is 7.31. The van der Waals surface area contributed by atoms with Crippen molar-refractivity contribution in [3.8, 4) is 0 Å². The largest absolute Gasteiger partial charge is 0.388 e. The molecule has 0 aliphatic carbocycles. The van der Waals surface area contributed by atoms with Crippen LogP contribution in [-0.2, 0) is 4.74 Å². The highest BCUT2D eigenvalue weighted by Gasteiger charge is 2.31. The molecule has 1 aliphatic rings. The Kier molecular flexibility index (Phi) is 5.67. The zero-order valence-corrected chi connectivity index (χ0v) is 13.8. The Morgan fingerprint density at radius 1 is 1.50 bits per heavy atom. The molecule has 0 radical (unpaired) electrons. The van der Waals surface area contributed by atoms with Crippen molar-refractivity contribution in [3.05, 3.63) is 34.9 Å². The fourth-order valence-electron chi connectivity index (χ4n) is 2.72. The quantitative estimate of drug-likeness (QED) is 0.894. The van der Waals surface area contributed by atoms with Crippen molar-refractivity contribution in [3.63, 3.8) is 0 Å². The maximum absolute atomic E-state index is 12.4. The third-order valence-electron chi connectivity index (χ3n) is 3.87. The smallest absolute Gasteiger partial charge is 0.318 e. The zero-order chi connectivity index (χ0) is 16.2. The van der Waals surface area contributed by atoms with Gasteiger partial charge in [-0.3, -0.25) is 0 Å². The minimum absolute atomic E-state index is 0.183. The van der Waals surface area contributed by atoms with Gasteiger partial charge in [0.25, 0.3) is 0 Å². The number of rotatable bonds is 4. The van der Waals surface area contributed by atoms with Crippen LogP contribution in [0, 0.1) is 0 Å². The lowest BCUT2D eigenvalue weighted by molar-refractivity contribution is -0.00322. The van der Waals surface area contributed by atoms with E-state index in [1.54, 1.807) is 31.1 Å². The van der Waals surface area contributed by atoms with Gasteiger partial charge < -0.3 is 20.1 Å². The average molecular weight is 327 g/mol. The van der Waals surface area contributed by atoms with Crippen LogP contribution in [-0.4, -0.2) is 48.4 Å². The summed E-state index contributed by atoms with van der Waals surface area (Å²) in [5.41, 5.74) is 0.121. The summed E-state index contributed by atoms with van der Waals surface area (Å²) in [5.74, 6) is 0. The summed E-state index contributed by atoms with van der Waals surface area (Å²) in [7, 11) is 1.60. The molecule has 1 aliphatic heterocycles. The Morgan fingerprint density at radius 3 is 2.77 bits per heavy atom. The van der Waals surface area contributed by atoms with E-state index < -0.39 is 5.60 Å². The predicted molar refractivity (Wildman–Crippen MR) is 86.0 cm³/mol. The molecule has 5 nitrogen and oxygen atoms in total. The number of nitrogens with one attached hydrogen (secondary N) is 1. The number of aliphatic hydroxyl groups is 1. The molecule has 2 atom stereocenters. The molecule has 2 amide bonds. The van der Waals surface area contributed by atoms with Gasteiger partial charge in [0.15, 0.2) is 0 Å². The Morgan fingerprint density at radius 2 is 2.18 bits per heavy atom. The molecule has 0 spiro atoms. The molecule has 0 unspecified atom stereocenters. The molecule has 1 aromatic rings. The lowest BCUT2D eigenvalue weighted by Crippen LogP contribution is -2.52. The summed E-state index contributed by atoms with van der Waals surface area (Å²) in [6.07, 6.45) is 1.52. The Labute approximate surface area is 136 Å². The maximum atomic E-state index is 12.4. The van der Waals surface area contributed by atoms with Gasteiger partial charge in [0, 0.05) is 18.7 Å². The first-order valence-electron chi connectivity index (χ1n) is 7.43. The Hall–Kier alpha value is -1.30. The highest BCUT2D eigenvalue weighted by atomic mass is 35.5. The Bertz CT molecular complexity index is 505. The first kappa shape index (κ1) is 17.1. The number of amides is 2. The van der Waals surface area contributed by atoms with E-state index in [2.05, 4.69) is 5.32 Å². The second-order valence-electron chi connectivity index (χ2n) is 6.03. The number of halogens is 1. The number of β-amino-alcohol motifs (C(OH)–C–C–N with tert-alkyl or cyclic N) is 1. The highest BCUT2D eigenvalue weighted by Crippen LogP contribution is 2.22. The first-order chi connectivity index (χ1) is 10.4. The van der Waals surface area contributed by atoms with Crippen molar-refractivity contribution in [1.29, 1.82) is 0 Å². The van der Waals surface area contributed by atoms with Gasteiger partial charge in [-0.25, -0.2) is 4.79 Å². The van der Waals surface area contributed by atoms with Crippen LogP contribution >= 0.6 is 11.6 Å². The van der Waals surface area contributed by atoms with Gasteiger partial charge in [-0.1, -0.05) is 23.7 Å². The van der Waals surface area contributed by atoms with Crippen molar-refractivity contribution < 1.29 is 14.6 Å². The maximum Gasteiger partial charge on any atom is 0.318 e. The van der Waals surface area contributed by atoms with E-state index in [1.165, 1.54) is 0 Å². The van der Waals surface area contributed by atoms with Gasteiger partial charge in [0.05, 0.1) is 24.8 Å². The van der Waals surface area contributed by atoms with Crippen LogP contribution in [0.25, 0.3) is 0 Å². The third kappa shape index (κ3) is 4.60. The fourth-order valence-corrected chi connectivity index (χ4v) is 2.84. The van der Waals surface area contributed by atoms with E-state index in [0.29, 0.717) is 24.7 Å². The van der Waals surface area contributed by atoms with Gasteiger partial charge >= 0.3 is 6.03 Å². The number of ether oxygens (including phenoxy) is 1. The molecule has 6 heteroatoms. The molecular formula is C16H23ClN2O3. The number of urea groups is 1. The van der Waals surface area contributed by atoms with Crippen molar-refractivity contribution in [2.45, 2.75) is 31.4 Å². The summed E-state index contributed by atoms with van der Waals surface area (Å²) in [6, 6.07) is 6.89. The standard InChI is InChI=1S/C16H23ClN2O3/c1-16(21)8-3-9-19(11-16)15(20)18-14(10-22-2)12-4-6-13(17)7-5-12/h4-7,14,21H,3,8-11H2,1-2H3,(H,18,20)/t14-,16+/m0/s1. The summed E-state index contributed by atoms with van der Waals surface area (Å²) >= 11 is 5.90. The second-order valence-corrected chi connectivity index (χ2v) is 6.47. The van der Waals surface area contributed by atoms with E-state index in [4.69, 9.17) is 16.3 Å². The molecule has 2 rings (SSSR count). The van der Waals surface area contributed by atoms with E-state index in [1.807, 2.05) is 12.1 Å². The van der Waals surface area contributed by atoms with Crippen LogP contribution in [0.5, 0.6) is 0 Å². The van der Waals surface area contributed by atoms with Gasteiger partial charge in [0.1, 0.15) is 0 Å². The molecular weight excluding hydrogens is 304 g/mol. The topological polar surface area (TPSA) is 61.8 Å². The first-order valence-corrected chi connectivity index (χ1v) is 7.81. The third-order valence-corrected chi connectivity index (χ3v) is 4.12. The number of carbonyl (C=O) groups excluding carboxylic acids is 1. The van der Waals surface area contributed by atoms with Gasteiger partial charge in [-0.2, -0.15) is 0 Å². The zero-order valence-electron chi connectivity index (χ0n) is 13.0. The fraction of sp³-hybridized carbons (Fsp3) is 0.562. The number of nitrogens with zero attached hydrogens (tertiary/aromatic N) is 1. The van der Waals surface area contributed by atoms with Crippen LogP contribution in [0.1, 0.15) is 31.4 Å². The van der Waals surface area contributed by atoms with E-state index in [9.17, 15) is 9.90 Å². The molecule has 1 aromatic carbocycles. The predicted octanol–water partition coefficient (Wildman–Crippen LogP) is 2.58. The number of carbonyl (C=O) groups is 1. The number of hydrogen-bond acceptors (Lipinski definition) is 3. The van der Waals surface area contributed by atoms with Crippen molar-refractivity contribution in [1.82, 2.24) is 10.2 Å². The molecule has 122 valence electrons. The molecule has 0 saturated carbocycles. The van der Waals surface area contributed by atoms with Crippen LogP contribution in [0.3, 0.4) is 0 Å². The summed E-state index contributed by atoms with van der Waals surface area (Å²) in [4.78, 5) is 14.1. The van der Waals surface area contributed by atoms with Gasteiger partial charge in [-0.05, 0) is 37.5 Å². The molecule has 22 heavy (non-hydrogen) atoms. The van der Waals surface area contributed by atoms with E-state index in [0.717, 1.165) is 18.4 Å². The van der Waals surface area contributed by atoms with E-state index >= 15 is 0 Å².